The molecule has 0 radical (unpaired) electrons. The van der Waals surface area contributed by atoms with Crippen molar-refractivity contribution in [3.63, 3.8) is 0 Å². The zero-order valence-electron chi connectivity index (χ0n) is 9.84. The lowest BCUT2D eigenvalue weighted by molar-refractivity contribution is 0.598. The van der Waals surface area contributed by atoms with Gasteiger partial charge in [-0.3, -0.25) is 4.72 Å². The number of sulfonamides is 1. The number of benzene rings is 1. The molecule has 0 aliphatic heterocycles. The molecule has 0 aliphatic rings. The van der Waals surface area contributed by atoms with Crippen LogP contribution >= 0.6 is 11.6 Å². The van der Waals surface area contributed by atoms with Crippen molar-refractivity contribution in [3.8, 4) is 6.07 Å². The van der Waals surface area contributed by atoms with Crippen LogP contribution in [0.1, 0.15) is 5.56 Å². The molecule has 0 amide bonds. The normalized spacial score (nSPS) is 10.8. The predicted molar refractivity (Wildman–Crippen MR) is 71.2 cm³/mol. The van der Waals surface area contributed by atoms with Crippen molar-refractivity contribution in [2.24, 2.45) is 0 Å². The van der Waals surface area contributed by atoms with E-state index in [2.05, 4.69) is 9.71 Å². The molecule has 0 atom stereocenters. The number of hydrogen-bond acceptors (Lipinski definition) is 4. The first-order valence-electron chi connectivity index (χ1n) is 5.26. The van der Waals surface area contributed by atoms with E-state index in [1.54, 1.807) is 6.07 Å². The van der Waals surface area contributed by atoms with Gasteiger partial charge in [0.25, 0.3) is 10.0 Å². The van der Waals surface area contributed by atoms with Gasteiger partial charge in [-0.15, -0.1) is 0 Å². The summed E-state index contributed by atoms with van der Waals surface area (Å²) in [4.78, 5) is 3.50. The Morgan fingerprint density at radius 1 is 1.30 bits per heavy atom. The summed E-state index contributed by atoms with van der Waals surface area (Å²) in [5, 5.41) is 8.76. The van der Waals surface area contributed by atoms with Crippen LogP contribution in [0.4, 0.5) is 10.1 Å². The van der Waals surface area contributed by atoms with Gasteiger partial charge in [-0.2, -0.15) is 5.26 Å². The molecule has 0 spiro atoms. The Hall–Kier alpha value is -2.17. The molecule has 0 bridgehead atoms. The summed E-state index contributed by atoms with van der Waals surface area (Å²) in [5.74, 6) is -0.838. The minimum atomic E-state index is -3.97. The van der Waals surface area contributed by atoms with E-state index in [9.17, 15) is 12.8 Å². The zero-order valence-corrected chi connectivity index (χ0v) is 11.4. The standard InChI is InChI=1S/C12H7ClFN3O2S/c13-12-4-2-9(7-16-12)20(18,19)17-11-3-1-8(6-15)5-10(11)14/h1-5,7,17H. The fraction of sp³-hybridized carbons (Fsp3) is 0. The molecular formula is C12H7ClFN3O2S. The summed E-state index contributed by atoms with van der Waals surface area (Å²) in [6.07, 6.45) is 1.06. The van der Waals surface area contributed by atoms with Crippen LogP contribution in [0.2, 0.25) is 5.15 Å². The highest BCUT2D eigenvalue weighted by atomic mass is 35.5. The molecule has 0 aliphatic carbocycles. The molecular weight excluding hydrogens is 305 g/mol. The third-order valence-corrected chi connectivity index (χ3v) is 3.93. The van der Waals surface area contributed by atoms with Gasteiger partial charge in [0, 0.05) is 6.20 Å². The van der Waals surface area contributed by atoms with E-state index in [-0.39, 0.29) is 21.3 Å². The van der Waals surface area contributed by atoms with E-state index in [0.29, 0.717) is 0 Å². The van der Waals surface area contributed by atoms with E-state index >= 15 is 0 Å². The van der Waals surface area contributed by atoms with Crippen molar-refractivity contribution in [2.75, 3.05) is 4.72 Å². The summed E-state index contributed by atoms with van der Waals surface area (Å²) in [5.41, 5.74) is -0.155. The van der Waals surface area contributed by atoms with Gasteiger partial charge in [0.05, 0.1) is 17.3 Å². The number of rotatable bonds is 3. The van der Waals surface area contributed by atoms with Gasteiger partial charge in [-0.05, 0) is 30.3 Å². The minimum absolute atomic E-state index is 0.0959. The number of pyridine rings is 1. The van der Waals surface area contributed by atoms with Crippen LogP contribution < -0.4 is 4.72 Å². The van der Waals surface area contributed by atoms with Crippen molar-refractivity contribution in [1.29, 1.82) is 5.26 Å². The zero-order chi connectivity index (χ0) is 14.8. The van der Waals surface area contributed by atoms with E-state index in [1.165, 1.54) is 24.3 Å². The first-order chi connectivity index (χ1) is 9.42. The monoisotopic (exact) mass is 311 g/mol. The van der Waals surface area contributed by atoms with E-state index in [4.69, 9.17) is 16.9 Å². The maximum Gasteiger partial charge on any atom is 0.263 e. The van der Waals surface area contributed by atoms with Crippen LogP contribution in [0.3, 0.4) is 0 Å². The van der Waals surface area contributed by atoms with Gasteiger partial charge in [0.1, 0.15) is 15.9 Å². The fourth-order valence-electron chi connectivity index (χ4n) is 1.39. The molecule has 2 rings (SSSR count). The highest BCUT2D eigenvalue weighted by Crippen LogP contribution is 2.20. The Bertz CT molecular complexity index is 785. The molecule has 1 aromatic heterocycles. The minimum Gasteiger partial charge on any atom is -0.277 e. The lowest BCUT2D eigenvalue weighted by Crippen LogP contribution is -2.14. The van der Waals surface area contributed by atoms with Crippen molar-refractivity contribution in [2.45, 2.75) is 4.90 Å². The Balaban J connectivity index is 2.34. The Kier molecular flexibility index (Phi) is 3.88. The van der Waals surface area contributed by atoms with Gasteiger partial charge in [-0.25, -0.2) is 17.8 Å². The van der Waals surface area contributed by atoms with Crippen molar-refractivity contribution in [1.82, 2.24) is 4.98 Å². The van der Waals surface area contributed by atoms with E-state index < -0.39 is 15.8 Å². The van der Waals surface area contributed by atoms with Gasteiger partial charge in [0.15, 0.2) is 0 Å². The van der Waals surface area contributed by atoms with Crippen LogP contribution in [0, 0.1) is 17.1 Å². The van der Waals surface area contributed by atoms with Crippen molar-refractivity contribution < 1.29 is 12.8 Å². The summed E-state index contributed by atoms with van der Waals surface area (Å²) in [7, 11) is -3.97. The van der Waals surface area contributed by atoms with Crippen LogP contribution in [0.25, 0.3) is 0 Å². The molecule has 2 aromatic rings. The van der Waals surface area contributed by atoms with Gasteiger partial charge >= 0.3 is 0 Å². The van der Waals surface area contributed by atoms with Gasteiger partial charge in [-0.1, -0.05) is 11.6 Å². The molecule has 102 valence electrons. The number of hydrogen-bond donors (Lipinski definition) is 1. The third kappa shape index (κ3) is 3.04. The second kappa shape index (κ2) is 5.45. The second-order valence-corrected chi connectivity index (χ2v) is 5.80. The maximum atomic E-state index is 13.6. The van der Waals surface area contributed by atoms with Crippen molar-refractivity contribution in [3.05, 3.63) is 53.1 Å². The van der Waals surface area contributed by atoms with Gasteiger partial charge in [0.2, 0.25) is 0 Å². The van der Waals surface area contributed by atoms with E-state index in [0.717, 1.165) is 12.3 Å². The number of anilines is 1. The summed E-state index contributed by atoms with van der Waals surface area (Å²) in [6, 6.07) is 7.74. The van der Waals surface area contributed by atoms with Crippen LogP contribution in [0.5, 0.6) is 0 Å². The molecule has 8 heteroatoms. The topological polar surface area (TPSA) is 82.9 Å². The Labute approximate surface area is 119 Å². The average Bonchev–Trinajstić information content (AvgIpc) is 2.41. The molecule has 0 fully saturated rings. The van der Waals surface area contributed by atoms with Gasteiger partial charge < -0.3 is 0 Å². The summed E-state index contributed by atoms with van der Waals surface area (Å²) >= 11 is 5.56. The number of nitrogens with one attached hydrogen (secondary N) is 1. The molecule has 20 heavy (non-hydrogen) atoms. The molecule has 0 saturated heterocycles. The molecule has 1 aromatic carbocycles. The number of aromatic nitrogens is 1. The number of nitriles is 1. The average molecular weight is 312 g/mol. The quantitative estimate of drug-likeness (QED) is 0.883. The summed E-state index contributed by atoms with van der Waals surface area (Å²) in [6.45, 7) is 0. The first kappa shape index (κ1) is 14.2. The predicted octanol–water partition coefficient (Wildman–Crippen LogP) is 2.55. The molecule has 5 nitrogen and oxygen atoms in total. The lowest BCUT2D eigenvalue weighted by Gasteiger charge is -2.08. The van der Waals surface area contributed by atoms with Crippen molar-refractivity contribution >= 4 is 27.3 Å². The molecule has 0 saturated carbocycles. The smallest absolute Gasteiger partial charge is 0.263 e. The Morgan fingerprint density at radius 3 is 2.60 bits per heavy atom. The lowest BCUT2D eigenvalue weighted by atomic mass is 10.2. The SMILES string of the molecule is N#Cc1ccc(NS(=O)(=O)c2ccc(Cl)nc2)c(F)c1. The molecule has 0 unspecified atom stereocenters. The molecule has 1 N–H and O–H groups in total. The fourth-order valence-corrected chi connectivity index (χ4v) is 2.52. The summed E-state index contributed by atoms with van der Waals surface area (Å²) < 4.78 is 39.7. The number of nitrogens with zero attached hydrogens (tertiary/aromatic N) is 2. The van der Waals surface area contributed by atoms with Crippen LogP contribution in [-0.4, -0.2) is 13.4 Å². The van der Waals surface area contributed by atoms with Crippen LogP contribution in [-0.2, 0) is 10.0 Å². The molecule has 1 heterocycles. The highest BCUT2D eigenvalue weighted by molar-refractivity contribution is 7.92. The third-order valence-electron chi connectivity index (χ3n) is 2.35. The van der Waals surface area contributed by atoms with Crippen LogP contribution in [0.15, 0.2) is 41.4 Å². The first-order valence-corrected chi connectivity index (χ1v) is 7.12. The van der Waals surface area contributed by atoms with E-state index in [1.807, 2.05) is 0 Å². The Morgan fingerprint density at radius 2 is 2.05 bits per heavy atom. The largest absolute Gasteiger partial charge is 0.277 e. The highest BCUT2D eigenvalue weighted by Gasteiger charge is 2.16. The maximum absolute atomic E-state index is 13.6. The second-order valence-electron chi connectivity index (χ2n) is 3.73. The number of halogens is 2.